The number of primary sulfonamides is 1. The Kier molecular flexibility index (Phi) is 4.79. The monoisotopic (exact) mass is 352 g/mol. The number of nitrogens with two attached hydrogens (primary N) is 1. The van der Waals surface area contributed by atoms with Gasteiger partial charge in [0.05, 0.1) is 5.25 Å². The summed E-state index contributed by atoms with van der Waals surface area (Å²) < 4.78 is 48.3. The molecule has 9 heteroatoms. The number of sulfone groups is 1. The summed E-state index contributed by atoms with van der Waals surface area (Å²) in [6, 6.07) is 1.26. The Morgan fingerprint density at radius 1 is 1.43 bits per heavy atom. The molecule has 2 heterocycles. The summed E-state index contributed by atoms with van der Waals surface area (Å²) in [6.07, 6.45) is 1.82. The van der Waals surface area contributed by atoms with E-state index in [-0.39, 0.29) is 14.5 Å². The van der Waals surface area contributed by atoms with Crippen LogP contribution in [0.1, 0.15) is 44.7 Å². The first-order valence-corrected chi connectivity index (χ1v) is 10.8. The van der Waals surface area contributed by atoms with Crippen molar-refractivity contribution < 1.29 is 16.8 Å². The Morgan fingerprint density at radius 3 is 2.62 bits per heavy atom. The minimum atomic E-state index is -3.89. The highest BCUT2D eigenvalue weighted by atomic mass is 32.3. The molecule has 3 N–H and O–H groups in total. The highest BCUT2D eigenvalue weighted by molar-refractivity contribution is 7.95. The average Bonchev–Trinajstić information content (AvgIpc) is 2.82. The van der Waals surface area contributed by atoms with Gasteiger partial charge in [-0.15, -0.1) is 11.3 Å². The van der Waals surface area contributed by atoms with Gasteiger partial charge in [0.2, 0.25) is 10.0 Å². The molecule has 6 nitrogen and oxygen atoms in total. The van der Waals surface area contributed by atoms with Crippen LogP contribution in [0.2, 0.25) is 0 Å². The molecule has 1 aromatic heterocycles. The van der Waals surface area contributed by atoms with E-state index in [2.05, 4.69) is 5.32 Å². The predicted octanol–water partition coefficient (Wildman–Crippen LogP) is 1.39. The highest BCUT2D eigenvalue weighted by Crippen LogP contribution is 2.43. The molecule has 21 heavy (non-hydrogen) atoms. The number of nitrogens with one attached hydrogen (secondary N) is 1. The molecule has 1 aliphatic heterocycles. The molecule has 0 aliphatic carbocycles. The summed E-state index contributed by atoms with van der Waals surface area (Å²) in [6.45, 7) is 4.56. The summed E-state index contributed by atoms with van der Waals surface area (Å²) >= 11 is 0.768. The van der Waals surface area contributed by atoms with Crippen molar-refractivity contribution in [1.29, 1.82) is 0 Å². The first-order chi connectivity index (χ1) is 9.71. The second-order valence-corrected chi connectivity index (χ2v) is 10.4. The number of thiophene rings is 1. The normalized spacial score (nSPS) is 24.7. The van der Waals surface area contributed by atoms with Gasteiger partial charge in [-0.05, 0) is 25.5 Å². The maximum Gasteiger partial charge on any atom is 0.247 e. The molecule has 1 aliphatic rings. The first kappa shape index (κ1) is 16.9. The molecule has 0 unspecified atom stereocenters. The van der Waals surface area contributed by atoms with Gasteiger partial charge in [-0.3, -0.25) is 0 Å². The van der Waals surface area contributed by atoms with E-state index >= 15 is 0 Å². The topological polar surface area (TPSA) is 106 Å². The van der Waals surface area contributed by atoms with E-state index in [0.29, 0.717) is 24.9 Å². The van der Waals surface area contributed by atoms with Gasteiger partial charge in [-0.2, -0.15) is 0 Å². The van der Waals surface area contributed by atoms with Crippen molar-refractivity contribution in [2.75, 3.05) is 6.54 Å². The quantitative estimate of drug-likeness (QED) is 0.833. The maximum absolute atomic E-state index is 12.6. The minimum absolute atomic E-state index is 0.0869. The zero-order valence-electron chi connectivity index (χ0n) is 12.0. The molecule has 2 rings (SSSR count). The summed E-state index contributed by atoms with van der Waals surface area (Å²) in [7, 11) is -7.37. The van der Waals surface area contributed by atoms with Crippen LogP contribution in [-0.4, -0.2) is 28.6 Å². The minimum Gasteiger partial charge on any atom is -0.310 e. The Labute approximate surface area is 129 Å². The van der Waals surface area contributed by atoms with Crippen LogP contribution in [0, 0.1) is 0 Å². The van der Waals surface area contributed by atoms with Crippen LogP contribution in [0.3, 0.4) is 0 Å². The highest BCUT2D eigenvalue weighted by Gasteiger charge is 2.40. The first-order valence-electron chi connectivity index (χ1n) is 6.85. The van der Waals surface area contributed by atoms with Crippen molar-refractivity contribution >= 4 is 31.2 Å². The number of hydrogen-bond donors (Lipinski definition) is 2. The molecule has 0 amide bonds. The van der Waals surface area contributed by atoms with Crippen molar-refractivity contribution in [3.63, 3.8) is 0 Å². The van der Waals surface area contributed by atoms with Crippen LogP contribution in [-0.2, 0) is 19.9 Å². The molecular formula is C12H20N2O4S3. The van der Waals surface area contributed by atoms with E-state index in [1.54, 1.807) is 0 Å². The Hall–Kier alpha value is -0.480. The third kappa shape index (κ3) is 3.16. The number of rotatable bonds is 5. The Balaban J connectivity index is 2.59. The molecule has 0 saturated heterocycles. The molecule has 120 valence electrons. The number of fused-ring (bicyclic) bond motifs is 1. The van der Waals surface area contributed by atoms with Gasteiger partial charge in [0.1, 0.15) is 8.42 Å². The van der Waals surface area contributed by atoms with Crippen molar-refractivity contribution in [3.05, 3.63) is 11.6 Å². The molecule has 0 bridgehead atoms. The lowest BCUT2D eigenvalue weighted by Gasteiger charge is -2.29. The van der Waals surface area contributed by atoms with E-state index in [1.807, 2.05) is 13.8 Å². The largest absolute Gasteiger partial charge is 0.310 e. The summed E-state index contributed by atoms with van der Waals surface area (Å²) in [5, 5.41) is 7.91. The van der Waals surface area contributed by atoms with E-state index < -0.39 is 25.1 Å². The van der Waals surface area contributed by atoms with Gasteiger partial charge in [0, 0.05) is 11.6 Å². The predicted molar refractivity (Wildman–Crippen MR) is 82.6 cm³/mol. The van der Waals surface area contributed by atoms with Crippen molar-refractivity contribution in [2.45, 2.75) is 52.8 Å². The third-order valence-electron chi connectivity index (χ3n) is 3.62. The zero-order chi connectivity index (χ0) is 15.8. The van der Waals surface area contributed by atoms with Gasteiger partial charge in [-0.25, -0.2) is 22.0 Å². The van der Waals surface area contributed by atoms with E-state index in [0.717, 1.165) is 17.8 Å². The van der Waals surface area contributed by atoms with Gasteiger partial charge in [-0.1, -0.05) is 20.3 Å². The molecule has 2 atom stereocenters. The molecule has 1 aromatic rings. The maximum atomic E-state index is 12.6. The van der Waals surface area contributed by atoms with Crippen molar-refractivity contribution in [1.82, 2.24) is 5.32 Å². The van der Waals surface area contributed by atoms with Crippen LogP contribution >= 0.6 is 11.3 Å². The lowest BCUT2D eigenvalue weighted by Crippen LogP contribution is -2.34. The fraction of sp³-hybridized carbons (Fsp3) is 0.667. The van der Waals surface area contributed by atoms with E-state index in [1.165, 1.54) is 6.07 Å². The van der Waals surface area contributed by atoms with Crippen LogP contribution in [0.4, 0.5) is 0 Å². The molecule has 0 aromatic carbocycles. The van der Waals surface area contributed by atoms with Gasteiger partial charge >= 0.3 is 0 Å². The smallest absolute Gasteiger partial charge is 0.247 e. The van der Waals surface area contributed by atoms with Crippen molar-refractivity contribution in [2.24, 2.45) is 5.14 Å². The Bertz CT molecular complexity index is 722. The lowest BCUT2D eigenvalue weighted by atomic mass is 10.0. The van der Waals surface area contributed by atoms with Crippen LogP contribution in [0.15, 0.2) is 14.5 Å². The van der Waals surface area contributed by atoms with Crippen LogP contribution in [0.25, 0.3) is 0 Å². The standard InChI is InChI=1S/C12H20N2O4S3/c1-3-5-8-6-10(14-4-2)9-7-11(21(13,17)18)19-12(9)20(8,15)16/h7-8,10,14H,3-6H2,1-2H3,(H2,13,17,18)/t8-,10-/m1/s1. The molecule has 0 saturated carbocycles. The lowest BCUT2D eigenvalue weighted by molar-refractivity contribution is 0.456. The summed E-state index contributed by atoms with van der Waals surface area (Å²) in [5.74, 6) is 0. The second kappa shape index (κ2) is 5.96. The third-order valence-corrected chi connectivity index (χ3v) is 8.99. The van der Waals surface area contributed by atoms with Gasteiger partial charge in [0.25, 0.3) is 0 Å². The average molecular weight is 353 g/mol. The van der Waals surface area contributed by atoms with Crippen molar-refractivity contribution in [3.8, 4) is 0 Å². The second-order valence-electron chi connectivity index (χ2n) is 5.15. The van der Waals surface area contributed by atoms with Crippen LogP contribution < -0.4 is 10.5 Å². The molecule has 0 radical (unpaired) electrons. The summed E-state index contributed by atoms with van der Waals surface area (Å²) in [4.78, 5) is 0. The molecular weight excluding hydrogens is 332 g/mol. The molecule has 0 fully saturated rings. The zero-order valence-corrected chi connectivity index (χ0v) is 14.4. The fourth-order valence-electron chi connectivity index (χ4n) is 2.67. The van der Waals surface area contributed by atoms with Gasteiger partial charge in [0.15, 0.2) is 9.84 Å². The molecule has 0 spiro atoms. The fourth-order valence-corrected chi connectivity index (χ4v) is 7.49. The van der Waals surface area contributed by atoms with Gasteiger partial charge < -0.3 is 5.32 Å². The SMILES string of the molecule is CCC[C@@H]1C[C@@H](NCC)c2cc(S(N)(=O)=O)sc2S1(=O)=O. The van der Waals surface area contributed by atoms with E-state index in [4.69, 9.17) is 5.14 Å². The summed E-state index contributed by atoms with van der Waals surface area (Å²) in [5.41, 5.74) is 0.540. The van der Waals surface area contributed by atoms with E-state index in [9.17, 15) is 16.8 Å². The number of sulfonamides is 1. The Morgan fingerprint density at radius 2 is 2.10 bits per heavy atom. The number of hydrogen-bond acceptors (Lipinski definition) is 6. The van der Waals surface area contributed by atoms with Crippen LogP contribution in [0.5, 0.6) is 0 Å².